The van der Waals surface area contributed by atoms with Crippen molar-refractivity contribution in [1.29, 1.82) is 0 Å². The van der Waals surface area contributed by atoms with Gasteiger partial charge in [-0.2, -0.15) is 0 Å². The van der Waals surface area contributed by atoms with Crippen molar-refractivity contribution in [2.75, 3.05) is 39.4 Å². The highest BCUT2D eigenvalue weighted by Crippen LogP contribution is 2.25. The minimum absolute atomic E-state index is 0.783. The van der Waals surface area contributed by atoms with Crippen molar-refractivity contribution in [1.82, 2.24) is 9.80 Å². The van der Waals surface area contributed by atoms with Crippen LogP contribution < -0.4 is 0 Å². The first kappa shape index (κ1) is 14.3. The molecule has 0 N–H and O–H groups in total. The third-order valence-corrected chi connectivity index (χ3v) is 4.46. The lowest BCUT2D eigenvalue weighted by Gasteiger charge is -2.43. The van der Waals surface area contributed by atoms with Gasteiger partial charge >= 0.3 is 0 Å². The SMILES string of the molecule is CCCOCCCN1CC2CCCN2CC1CC. The first-order valence-corrected chi connectivity index (χ1v) is 7.91. The fraction of sp³-hybridized carbons (Fsp3) is 1.00. The largest absolute Gasteiger partial charge is 0.381 e. The quantitative estimate of drug-likeness (QED) is 0.649. The zero-order valence-electron chi connectivity index (χ0n) is 12.2. The van der Waals surface area contributed by atoms with E-state index in [-0.39, 0.29) is 0 Å². The van der Waals surface area contributed by atoms with Crippen molar-refractivity contribution in [3.05, 3.63) is 0 Å². The second-order valence-electron chi connectivity index (χ2n) is 5.81. The first-order valence-electron chi connectivity index (χ1n) is 7.91. The molecule has 3 heteroatoms. The van der Waals surface area contributed by atoms with E-state index in [9.17, 15) is 0 Å². The summed E-state index contributed by atoms with van der Waals surface area (Å²) in [6.07, 6.45) is 6.45. The Labute approximate surface area is 112 Å². The van der Waals surface area contributed by atoms with Gasteiger partial charge in [-0.05, 0) is 38.6 Å². The second kappa shape index (κ2) is 7.46. The molecule has 106 valence electrons. The monoisotopic (exact) mass is 254 g/mol. The molecular formula is C15H30N2O. The summed E-state index contributed by atoms with van der Waals surface area (Å²) in [6, 6.07) is 1.63. The lowest BCUT2D eigenvalue weighted by molar-refractivity contribution is 0.0395. The molecule has 2 atom stereocenters. The predicted octanol–water partition coefficient (Wildman–Crippen LogP) is 2.36. The van der Waals surface area contributed by atoms with Crippen molar-refractivity contribution >= 4 is 0 Å². The fourth-order valence-electron chi connectivity index (χ4n) is 3.43. The average Bonchev–Trinajstić information content (AvgIpc) is 2.84. The summed E-state index contributed by atoms with van der Waals surface area (Å²) in [5.74, 6) is 0. The van der Waals surface area contributed by atoms with Gasteiger partial charge < -0.3 is 4.74 Å². The molecule has 0 spiro atoms. The van der Waals surface area contributed by atoms with Crippen LogP contribution in [0.4, 0.5) is 0 Å². The van der Waals surface area contributed by atoms with E-state index in [1.807, 2.05) is 0 Å². The Bertz CT molecular complexity index is 235. The van der Waals surface area contributed by atoms with E-state index in [2.05, 4.69) is 23.6 Å². The first-order chi connectivity index (χ1) is 8.85. The highest BCUT2D eigenvalue weighted by Gasteiger charge is 2.34. The molecule has 2 unspecified atom stereocenters. The maximum absolute atomic E-state index is 5.59. The summed E-state index contributed by atoms with van der Waals surface area (Å²) in [5.41, 5.74) is 0. The minimum atomic E-state index is 0.783. The van der Waals surface area contributed by atoms with E-state index < -0.39 is 0 Å². The number of piperazine rings is 1. The van der Waals surface area contributed by atoms with Gasteiger partial charge in [0.1, 0.15) is 0 Å². The molecule has 2 saturated heterocycles. The van der Waals surface area contributed by atoms with Crippen LogP contribution >= 0.6 is 0 Å². The Balaban J connectivity index is 1.71. The van der Waals surface area contributed by atoms with Crippen LogP contribution in [0.2, 0.25) is 0 Å². The molecule has 2 fully saturated rings. The Morgan fingerprint density at radius 3 is 2.83 bits per heavy atom. The molecule has 2 rings (SSSR count). The lowest BCUT2D eigenvalue weighted by atomic mass is 10.0. The fourth-order valence-corrected chi connectivity index (χ4v) is 3.43. The number of hydrogen-bond acceptors (Lipinski definition) is 3. The third kappa shape index (κ3) is 3.69. The molecule has 2 heterocycles. The van der Waals surface area contributed by atoms with Crippen LogP contribution in [0, 0.1) is 0 Å². The molecule has 18 heavy (non-hydrogen) atoms. The minimum Gasteiger partial charge on any atom is -0.381 e. The predicted molar refractivity (Wildman–Crippen MR) is 76.0 cm³/mol. The maximum atomic E-state index is 5.59. The molecule has 3 nitrogen and oxygen atoms in total. The summed E-state index contributed by atoms with van der Waals surface area (Å²) < 4.78 is 5.59. The van der Waals surface area contributed by atoms with Gasteiger partial charge in [-0.25, -0.2) is 0 Å². The van der Waals surface area contributed by atoms with Crippen molar-refractivity contribution in [2.45, 2.75) is 58.0 Å². The zero-order valence-corrected chi connectivity index (χ0v) is 12.2. The summed E-state index contributed by atoms with van der Waals surface area (Å²) >= 11 is 0. The smallest absolute Gasteiger partial charge is 0.0478 e. The zero-order chi connectivity index (χ0) is 12.8. The van der Waals surface area contributed by atoms with Crippen molar-refractivity contribution in [3.8, 4) is 0 Å². The van der Waals surface area contributed by atoms with Crippen LogP contribution in [-0.4, -0.2) is 61.3 Å². The van der Waals surface area contributed by atoms with Crippen LogP contribution in [0.3, 0.4) is 0 Å². The van der Waals surface area contributed by atoms with Crippen LogP contribution in [0.5, 0.6) is 0 Å². The summed E-state index contributed by atoms with van der Waals surface area (Å²) in [6.45, 7) is 11.5. The van der Waals surface area contributed by atoms with E-state index >= 15 is 0 Å². The van der Waals surface area contributed by atoms with Gasteiger partial charge in [-0.3, -0.25) is 9.80 Å². The Morgan fingerprint density at radius 1 is 1.17 bits per heavy atom. The molecule has 0 aromatic carbocycles. The highest BCUT2D eigenvalue weighted by molar-refractivity contribution is 4.91. The molecule has 0 aromatic heterocycles. The van der Waals surface area contributed by atoms with Gasteiger partial charge in [0, 0.05) is 44.9 Å². The number of ether oxygens (including phenoxy) is 1. The summed E-state index contributed by atoms with van der Waals surface area (Å²) in [5, 5.41) is 0. The van der Waals surface area contributed by atoms with Gasteiger partial charge in [0.2, 0.25) is 0 Å². The van der Waals surface area contributed by atoms with Crippen molar-refractivity contribution in [2.24, 2.45) is 0 Å². The van der Waals surface area contributed by atoms with Gasteiger partial charge in [0.25, 0.3) is 0 Å². The standard InChI is InChI=1S/C15H30N2O/c1-3-10-18-11-6-9-16-13-15-7-5-8-17(15)12-14(16)4-2/h14-15H,3-13H2,1-2H3. The molecule has 0 aromatic rings. The van der Waals surface area contributed by atoms with Crippen molar-refractivity contribution < 1.29 is 4.74 Å². The van der Waals surface area contributed by atoms with E-state index in [0.717, 1.165) is 31.7 Å². The topological polar surface area (TPSA) is 15.7 Å². The lowest BCUT2D eigenvalue weighted by Crippen LogP contribution is -2.56. The molecular weight excluding hydrogens is 224 g/mol. The Hall–Kier alpha value is -0.120. The van der Waals surface area contributed by atoms with Gasteiger partial charge in [0.15, 0.2) is 0 Å². The number of nitrogens with zero attached hydrogens (tertiary/aromatic N) is 2. The van der Waals surface area contributed by atoms with E-state index in [1.165, 1.54) is 51.9 Å². The van der Waals surface area contributed by atoms with Crippen LogP contribution in [0.1, 0.15) is 46.0 Å². The Kier molecular flexibility index (Phi) is 5.93. The third-order valence-electron chi connectivity index (χ3n) is 4.46. The van der Waals surface area contributed by atoms with Gasteiger partial charge in [-0.1, -0.05) is 13.8 Å². The molecule has 0 amide bonds. The Morgan fingerprint density at radius 2 is 2.06 bits per heavy atom. The number of fused-ring (bicyclic) bond motifs is 1. The highest BCUT2D eigenvalue weighted by atomic mass is 16.5. The number of hydrogen-bond donors (Lipinski definition) is 0. The summed E-state index contributed by atoms with van der Waals surface area (Å²) in [7, 11) is 0. The second-order valence-corrected chi connectivity index (χ2v) is 5.81. The van der Waals surface area contributed by atoms with E-state index in [4.69, 9.17) is 4.74 Å². The van der Waals surface area contributed by atoms with Crippen LogP contribution in [0.25, 0.3) is 0 Å². The van der Waals surface area contributed by atoms with Gasteiger partial charge in [0.05, 0.1) is 0 Å². The molecule has 2 aliphatic rings. The molecule has 0 bridgehead atoms. The summed E-state index contributed by atoms with van der Waals surface area (Å²) in [4.78, 5) is 5.44. The molecule has 0 saturated carbocycles. The maximum Gasteiger partial charge on any atom is 0.0478 e. The van der Waals surface area contributed by atoms with Crippen molar-refractivity contribution in [3.63, 3.8) is 0 Å². The molecule has 2 aliphatic heterocycles. The number of rotatable bonds is 7. The molecule has 0 aliphatic carbocycles. The van der Waals surface area contributed by atoms with Crippen LogP contribution in [-0.2, 0) is 4.74 Å². The van der Waals surface area contributed by atoms with Crippen LogP contribution in [0.15, 0.2) is 0 Å². The average molecular weight is 254 g/mol. The normalized spacial score (nSPS) is 29.7. The van der Waals surface area contributed by atoms with E-state index in [0.29, 0.717) is 0 Å². The van der Waals surface area contributed by atoms with E-state index in [1.54, 1.807) is 0 Å². The molecule has 0 radical (unpaired) electrons. The van der Waals surface area contributed by atoms with Gasteiger partial charge in [-0.15, -0.1) is 0 Å².